The third-order valence-electron chi connectivity index (χ3n) is 6.85. The van der Waals surface area contributed by atoms with Crippen molar-refractivity contribution in [3.63, 3.8) is 0 Å². The van der Waals surface area contributed by atoms with Crippen LogP contribution in [0.2, 0.25) is 0 Å². The molecule has 0 unspecified atom stereocenters. The summed E-state index contributed by atoms with van der Waals surface area (Å²) < 4.78 is 11.3. The Bertz CT molecular complexity index is 852. The standard InChI is InChI=1S/C23H32N4O2S/c28-23(29-19-9-10-19)24-18-7-5-17(6-8-18)11-12-26-13-15-27(16-14-26)22-20-3-1-2-4-21(20)30-25-22/h1-4,17-19H,5-16H2,(H,24,28). The molecule has 0 radical (unpaired) electrons. The molecule has 6 nitrogen and oxygen atoms in total. The van der Waals surface area contributed by atoms with Crippen LogP contribution < -0.4 is 10.2 Å². The van der Waals surface area contributed by atoms with Crippen molar-refractivity contribution in [1.82, 2.24) is 14.6 Å². The van der Waals surface area contributed by atoms with E-state index in [1.807, 2.05) is 0 Å². The summed E-state index contributed by atoms with van der Waals surface area (Å²) in [5.74, 6) is 1.96. The van der Waals surface area contributed by atoms with Crippen LogP contribution >= 0.6 is 11.5 Å². The van der Waals surface area contributed by atoms with Crippen molar-refractivity contribution in [1.29, 1.82) is 0 Å². The molecule has 7 heteroatoms. The number of fused-ring (bicyclic) bond motifs is 1. The second kappa shape index (κ2) is 9.10. The van der Waals surface area contributed by atoms with Gasteiger partial charge >= 0.3 is 6.09 Å². The Morgan fingerprint density at radius 3 is 2.60 bits per heavy atom. The highest BCUT2D eigenvalue weighted by atomic mass is 32.1. The number of benzene rings is 1. The predicted octanol–water partition coefficient (Wildman–Crippen LogP) is 4.26. The lowest BCUT2D eigenvalue weighted by molar-refractivity contribution is 0.129. The van der Waals surface area contributed by atoms with Gasteiger partial charge in [-0.15, -0.1) is 0 Å². The molecule has 1 aromatic carbocycles. The van der Waals surface area contributed by atoms with E-state index >= 15 is 0 Å². The fourth-order valence-corrected chi connectivity index (χ4v) is 5.58. The van der Waals surface area contributed by atoms with Crippen molar-refractivity contribution < 1.29 is 9.53 Å². The maximum Gasteiger partial charge on any atom is 0.407 e. The molecule has 3 aliphatic rings. The SMILES string of the molecule is O=C(NC1CCC(CCN2CCN(c3nsc4ccccc34)CC2)CC1)OC1CC1. The molecule has 0 atom stereocenters. The van der Waals surface area contributed by atoms with E-state index < -0.39 is 0 Å². The molecule has 2 saturated carbocycles. The minimum atomic E-state index is -0.202. The molecule has 2 aliphatic carbocycles. The Kier molecular flexibility index (Phi) is 6.09. The van der Waals surface area contributed by atoms with Gasteiger partial charge in [-0.2, -0.15) is 4.37 Å². The molecule has 1 saturated heterocycles. The first-order valence-corrected chi connectivity index (χ1v) is 12.3. The van der Waals surface area contributed by atoms with Gasteiger partial charge in [-0.3, -0.25) is 4.90 Å². The summed E-state index contributed by atoms with van der Waals surface area (Å²) in [6, 6.07) is 8.86. The van der Waals surface area contributed by atoms with Crippen LogP contribution in [-0.2, 0) is 4.74 Å². The minimum absolute atomic E-state index is 0.191. The van der Waals surface area contributed by atoms with Gasteiger partial charge in [0.05, 0.1) is 4.70 Å². The Hall–Kier alpha value is -1.86. The van der Waals surface area contributed by atoms with E-state index in [1.54, 1.807) is 11.5 Å². The van der Waals surface area contributed by atoms with Gasteiger partial charge in [-0.05, 0) is 81.1 Å². The van der Waals surface area contributed by atoms with Crippen LogP contribution in [0.5, 0.6) is 0 Å². The number of amides is 1. The van der Waals surface area contributed by atoms with Gasteiger partial charge in [0.1, 0.15) is 11.9 Å². The van der Waals surface area contributed by atoms with Crippen LogP contribution in [0.15, 0.2) is 24.3 Å². The zero-order chi connectivity index (χ0) is 20.3. The molecular formula is C23H32N4O2S. The smallest absolute Gasteiger partial charge is 0.407 e. The van der Waals surface area contributed by atoms with Crippen molar-refractivity contribution in [3.8, 4) is 0 Å². The summed E-state index contributed by atoms with van der Waals surface area (Å²) in [5.41, 5.74) is 0. The number of hydrogen-bond acceptors (Lipinski definition) is 6. The lowest BCUT2D eigenvalue weighted by Crippen LogP contribution is -2.47. The number of ether oxygens (including phenoxy) is 1. The summed E-state index contributed by atoms with van der Waals surface area (Å²) >= 11 is 1.61. The predicted molar refractivity (Wildman–Crippen MR) is 121 cm³/mol. The summed E-state index contributed by atoms with van der Waals surface area (Å²) in [6.45, 7) is 5.56. The molecule has 0 bridgehead atoms. The van der Waals surface area contributed by atoms with Crippen molar-refractivity contribution >= 4 is 33.5 Å². The first-order valence-electron chi connectivity index (χ1n) is 11.5. The number of nitrogens with zero attached hydrogens (tertiary/aromatic N) is 3. The van der Waals surface area contributed by atoms with Crippen molar-refractivity contribution in [2.24, 2.45) is 5.92 Å². The average molecular weight is 429 g/mol. The molecule has 30 heavy (non-hydrogen) atoms. The molecule has 3 fully saturated rings. The summed E-state index contributed by atoms with van der Waals surface area (Å²) in [7, 11) is 0. The first-order chi connectivity index (χ1) is 14.7. The normalized spacial score (nSPS) is 25.4. The van der Waals surface area contributed by atoms with E-state index in [4.69, 9.17) is 9.11 Å². The van der Waals surface area contributed by atoms with Crippen LogP contribution in [0, 0.1) is 5.92 Å². The number of piperazine rings is 1. The zero-order valence-corrected chi connectivity index (χ0v) is 18.4. The van der Waals surface area contributed by atoms with E-state index in [1.165, 1.54) is 41.7 Å². The fourth-order valence-electron chi connectivity index (χ4n) is 4.78. The van der Waals surface area contributed by atoms with Gasteiger partial charge in [0.2, 0.25) is 0 Å². The maximum atomic E-state index is 11.8. The number of nitrogens with one attached hydrogen (secondary N) is 1. The molecule has 162 valence electrons. The van der Waals surface area contributed by atoms with Crippen molar-refractivity contribution in [2.75, 3.05) is 37.6 Å². The Balaban J connectivity index is 1.01. The summed E-state index contributed by atoms with van der Waals surface area (Å²) in [5, 5.41) is 4.36. The third-order valence-corrected chi connectivity index (χ3v) is 7.67. The monoisotopic (exact) mass is 428 g/mol. The van der Waals surface area contributed by atoms with Gasteiger partial charge in [0.25, 0.3) is 0 Å². The molecule has 1 N–H and O–H groups in total. The van der Waals surface area contributed by atoms with Crippen molar-refractivity contribution in [2.45, 2.75) is 57.1 Å². The number of anilines is 1. The van der Waals surface area contributed by atoms with E-state index in [2.05, 4.69) is 39.4 Å². The highest BCUT2D eigenvalue weighted by Gasteiger charge is 2.28. The molecular weight excluding hydrogens is 396 g/mol. The van der Waals surface area contributed by atoms with Crippen LogP contribution in [0.3, 0.4) is 0 Å². The summed E-state index contributed by atoms with van der Waals surface area (Å²) in [4.78, 5) is 16.9. The second-order valence-corrected chi connectivity index (χ2v) is 9.89. The topological polar surface area (TPSA) is 57.7 Å². The Morgan fingerprint density at radius 2 is 1.83 bits per heavy atom. The lowest BCUT2D eigenvalue weighted by atomic mass is 9.84. The molecule has 2 heterocycles. The summed E-state index contributed by atoms with van der Waals surface area (Å²) in [6.07, 6.45) is 7.97. The minimum Gasteiger partial charge on any atom is -0.446 e. The quantitative estimate of drug-likeness (QED) is 0.745. The number of carbonyl (C=O) groups is 1. The highest BCUT2D eigenvalue weighted by Crippen LogP contribution is 2.31. The van der Waals surface area contributed by atoms with Gasteiger partial charge < -0.3 is 15.0 Å². The van der Waals surface area contributed by atoms with Gasteiger partial charge in [-0.1, -0.05) is 12.1 Å². The second-order valence-electron chi connectivity index (χ2n) is 9.09. The van der Waals surface area contributed by atoms with E-state index in [0.29, 0.717) is 6.04 Å². The molecule has 1 aromatic heterocycles. The van der Waals surface area contributed by atoms with Crippen LogP contribution in [-0.4, -0.2) is 60.2 Å². The number of aromatic nitrogens is 1. The molecule has 2 aromatic rings. The van der Waals surface area contributed by atoms with Crippen LogP contribution in [0.4, 0.5) is 10.6 Å². The van der Waals surface area contributed by atoms with Gasteiger partial charge in [-0.25, -0.2) is 4.79 Å². The van der Waals surface area contributed by atoms with E-state index in [0.717, 1.165) is 57.8 Å². The molecule has 5 rings (SSSR count). The third kappa shape index (κ3) is 4.89. The Morgan fingerprint density at radius 1 is 1.07 bits per heavy atom. The van der Waals surface area contributed by atoms with E-state index in [-0.39, 0.29) is 12.2 Å². The van der Waals surface area contributed by atoms with Gasteiger partial charge in [0.15, 0.2) is 0 Å². The number of carbonyl (C=O) groups excluding carboxylic acids is 1. The highest BCUT2D eigenvalue weighted by molar-refractivity contribution is 7.13. The number of hydrogen-bond donors (Lipinski definition) is 1. The molecule has 0 spiro atoms. The largest absolute Gasteiger partial charge is 0.446 e. The number of alkyl carbamates (subject to hydrolysis) is 1. The average Bonchev–Trinajstić information content (AvgIpc) is 3.48. The molecule has 1 aliphatic heterocycles. The zero-order valence-electron chi connectivity index (χ0n) is 17.6. The van der Waals surface area contributed by atoms with E-state index in [9.17, 15) is 4.79 Å². The molecule has 1 amide bonds. The van der Waals surface area contributed by atoms with Crippen LogP contribution in [0.25, 0.3) is 10.1 Å². The first kappa shape index (κ1) is 20.1. The fraction of sp³-hybridized carbons (Fsp3) is 0.652. The van der Waals surface area contributed by atoms with Crippen molar-refractivity contribution in [3.05, 3.63) is 24.3 Å². The Labute approximate surface area is 182 Å². The maximum absolute atomic E-state index is 11.8. The number of rotatable bonds is 6. The van der Waals surface area contributed by atoms with Gasteiger partial charge in [0, 0.05) is 37.6 Å². The lowest BCUT2D eigenvalue weighted by Gasteiger charge is -2.36. The van der Waals surface area contributed by atoms with Crippen LogP contribution in [0.1, 0.15) is 44.9 Å².